The maximum Gasteiger partial charge on any atom is 0.360 e. The fraction of sp³-hybridized carbons (Fsp3) is 0.667. The summed E-state index contributed by atoms with van der Waals surface area (Å²) >= 11 is 0. The summed E-state index contributed by atoms with van der Waals surface area (Å²) in [5.74, 6) is -0.543. The van der Waals surface area contributed by atoms with Gasteiger partial charge in [0, 0.05) is 12.6 Å². The Bertz CT molecular complexity index is 471. The molecule has 0 aromatic carbocycles. The molecule has 0 bridgehead atoms. The zero-order chi connectivity index (χ0) is 13.8. The van der Waals surface area contributed by atoms with Crippen molar-refractivity contribution in [1.82, 2.24) is 19.9 Å². The first-order valence-corrected chi connectivity index (χ1v) is 6.39. The maximum atomic E-state index is 12.1. The van der Waals surface area contributed by atoms with Crippen LogP contribution in [0.25, 0.3) is 0 Å². The molecule has 7 nitrogen and oxygen atoms in total. The van der Waals surface area contributed by atoms with Gasteiger partial charge in [0.15, 0.2) is 5.69 Å². The minimum atomic E-state index is -0.551. The van der Waals surface area contributed by atoms with Crippen molar-refractivity contribution < 1.29 is 14.3 Å². The number of hydrogen-bond acceptors (Lipinski definition) is 5. The first kappa shape index (κ1) is 13.5. The molecule has 1 aliphatic rings. The van der Waals surface area contributed by atoms with Crippen LogP contribution in [0.5, 0.6) is 0 Å². The predicted molar refractivity (Wildman–Crippen MR) is 66.4 cm³/mol. The number of hydrogen-bond donors (Lipinski definition) is 0. The molecule has 1 saturated heterocycles. The summed E-state index contributed by atoms with van der Waals surface area (Å²) < 4.78 is 5.91. The quantitative estimate of drug-likeness (QED) is 0.743. The lowest BCUT2D eigenvalue weighted by atomic mass is 10.0. The number of rotatable bonds is 3. The number of amides is 1. The highest BCUT2D eigenvalue weighted by Crippen LogP contribution is 2.16. The van der Waals surface area contributed by atoms with E-state index in [9.17, 15) is 9.59 Å². The second kappa shape index (κ2) is 5.81. The van der Waals surface area contributed by atoms with E-state index < -0.39 is 5.97 Å². The normalized spacial score (nSPS) is 19.3. The van der Waals surface area contributed by atoms with Crippen molar-refractivity contribution in [2.24, 2.45) is 0 Å². The number of nitrogens with zero attached hydrogens (tertiary/aromatic N) is 4. The van der Waals surface area contributed by atoms with Gasteiger partial charge in [0.25, 0.3) is 0 Å². The highest BCUT2D eigenvalue weighted by atomic mass is 16.5. The Balaban J connectivity index is 1.98. The molecule has 1 aromatic heterocycles. The Kier molecular flexibility index (Phi) is 4.13. The van der Waals surface area contributed by atoms with E-state index in [1.807, 2.05) is 4.90 Å². The molecule has 19 heavy (non-hydrogen) atoms. The van der Waals surface area contributed by atoms with Gasteiger partial charge >= 0.3 is 5.97 Å². The van der Waals surface area contributed by atoms with E-state index in [4.69, 9.17) is 0 Å². The van der Waals surface area contributed by atoms with Crippen molar-refractivity contribution >= 4 is 11.9 Å². The minimum absolute atomic E-state index is 0.00789. The average Bonchev–Trinajstić information content (AvgIpc) is 2.86. The summed E-state index contributed by atoms with van der Waals surface area (Å²) in [5.41, 5.74) is 0.113. The molecule has 0 radical (unpaired) electrons. The van der Waals surface area contributed by atoms with E-state index in [1.54, 1.807) is 0 Å². The zero-order valence-electron chi connectivity index (χ0n) is 11.2. The first-order valence-electron chi connectivity index (χ1n) is 6.39. The van der Waals surface area contributed by atoms with E-state index in [0.717, 1.165) is 19.4 Å². The molecule has 2 rings (SSSR count). The number of esters is 1. The zero-order valence-corrected chi connectivity index (χ0v) is 11.2. The Hall–Kier alpha value is -1.92. The van der Waals surface area contributed by atoms with Crippen molar-refractivity contribution in [3.63, 3.8) is 0 Å². The van der Waals surface area contributed by atoms with Crippen molar-refractivity contribution in [1.29, 1.82) is 0 Å². The van der Waals surface area contributed by atoms with Crippen LogP contribution >= 0.6 is 0 Å². The van der Waals surface area contributed by atoms with Gasteiger partial charge in [0.05, 0.1) is 13.3 Å². The van der Waals surface area contributed by atoms with Gasteiger partial charge in [-0.3, -0.25) is 4.79 Å². The molecule has 0 aliphatic carbocycles. The standard InChI is InChI=1S/C12H18N4O3/c1-9-5-3-4-6-16(9)11(17)8-15-7-10(13-14-15)12(18)19-2/h7,9H,3-6,8H2,1-2H3. The van der Waals surface area contributed by atoms with Crippen LogP contribution in [0.1, 0.15) is 36.7 Å². The van der Waals surface area contributed by atoms with Gasteiger partial charge in [0.2, 0.25) is 5.91 Å². The molecule has 1 unspecified atom stereocenters. The molecule has 1 fully saturated rings. The van der Waals surface area contributed by atoms with E-state index in [0.29, 0.717) is 0 Å². The molecule has 0 spiro atoms. The number of aromatic nitrogens is 3. The topological polar surface area (TPSA) is 77.3 Å². The van der Waals surface area contributed by atoms with Gasteiger partial charge in [0.1, 0.15) is 6.54 Å². The summed E-state index contributed by atoms with van der Waals surface area (Å²) in [6, 6.07) is 0.268. The highest BCUT2D eigenvalue weighted by molar-refractivity contribution is 5.86. The molecule has 1 atom stereocenters. The van der Waals surface area contributed by atoms with Crippen LogP contribution in [0.2, 0.25) is 0 Å². The van der Waals surface area contributed by atoms with Gasteiger partial charge in [-0.2, -0.15) is 0 Å². The monoisotopic (exact) mass is 266 g/mol. The summed E-state index contributed by atoms with van der Waals surface area (Å²) in [7, 11) is 1.28. The second-order valence-electron chi connectivity index (χ2n) is 4.72. The summed E-state index contributed by atoms with van der Waals surface area (Å²) in [4.78, 5) is 25.2. The maximum absolute atomic E-state index is 12.1. The third-order valence-corrected chi connectivity index (χ3v) is 3.35. The highest BCUT2D eigenvalue weighted by Gasteiger charge is 2.23. The van der Waals surface area contributed by atoms with Crippen molar-refractivity contribution in [3.8, 4) is 0 Å². The number of likely N-dealkylation sites (tertiary alicyclic amines) is 1. The predicted octanol–water partition coefficient (Wildman–Crippen LogP) is 0.466. The van der Waals surface area contributed by atoms with Gasteiger partial charge < -0.3 is 9.64 Å². The Morgan fingerprint density at radius 2 is 2.26 bits per heavy atom. The SMILES string of the molecule is COC(=O)c1cn(CC(=O)N2CCCCC2C)nn1. The second-order valence-corrected chi connectivity index (χ2v) is 4.72. The number of piperidine rings is 1. The lowest BCUT2D eigenvalue weighted by Crippen LogP contribution is -2.43. The molecule has 2 heterocycles. The lowest BCUT2D eigenvalue weighted by Gasteiger charge is -2.33. The summed E-state index contributed by atoms with van der Waals surface area (Å²) in [5, 5.41) is 7.44. The molecule has 1 amide bonds. The van der Waals surface area contributed by atoms with E-state index in [2.05, 4.69) is 22.0 Å². The average molecular weight is 266 g/mol. The molecule has 1 aliphatic heterocycles. The first-order chi connectivity index (χ1) is 9.11. The largest absolute Gasteiger partial charge is 0.464 e. The molecule has 0 N–H and O–H groups in total. The van der Waals surface area contributed by atoms with Crippen molar-refractivity contribution in [3.05, 3.63) is 11.9 Å². The van der Waals surface area contributed by atoms with Crippen LogP contribution in [0.3, 0.4) is 0 Å². The van der Waals surface area contributed by atoms with Crippen LogP contribution in [-0.2, 0) is 16.1 Å². The van der Waals surface area contributed by atoms with Crippen LogP contribution < -0.4 is 0 Å². The van der Waals surface area contributed by atoms with E-state index in [1.165, 1.54) is 24.4 Å². The summed E-state index contributed by atoms with van der Waals surface area (Å²) in [6.07, 6.45) is 4.68. The van der Waals surface area contributed by atoms with Crippen LogP contribution in [0.4, 0.5) is 0 Å². The number of carbonyl (C=O) groups excluding carboxylic acids is 2. The van der Waals surface area contributed by atoms with Crippen LogP contribution in [-0.4, -0.2) is 51.5 Å². The fourth-order valence-electron chi connectivity index (χ4n) is 2.27. The molecule has 7 heteroatoms. The van der Waals surface area contributed by atoms with Crippen LogP contribution in [0.15, 0.2) is 6.20 Å². The van der Waals surface area contributed by atoms with Crippen molar-refractivity contribution in [2.45, 2.75) is 38.8 Å². The Morgan fingerprint density at radius 1 is 1.47 bits per heavy atom. The van der Waals surface area contributed by atoms with Gasteiger partial charge in [-0.25, -0.2) is 9.48 Å². The number of ether oxygens (including phenoxy) is 1. The Labute approximate surface area is 111 Å². The molecular formula is C12H18N4O3. The lowest BCUT2D eigenvalue weighted by molar-refractivity contribution is -0.135. The van der Waals surface area contributed by atoms with Crippen molar-refractivity contribution in [2.75, 3.05) is 13.7 Å². The molecular weight excluding hydrogens is 248 g/mol. The smallest absolute Gasteiger partial charge is 0.360 e. The molecule has 1 aromatic rings. The van der Waals surface area contributed by atoms with Gasteiger partial charge in [-0.1, -0.05) is 5.21 Å². The van der Waals surface area contributed by atoms with Gasteiger partial charge in [-0.05, 0) is 26.2 Å². The summed E-state index contributed by atoms with van der Waals surface area (Å²) in [6.45, 7) is 2.95. The number of carbonyl (C=O) groups is 2. The Morgan fingerprint density at radius 3 is 2.95 bits per heavy atom. The van der Waals surface area contributed by atoms with E-state index >= 15 is 0 Å². The molecule has 104 valence electrons. The molecule has 0 saturated carbocycles. The minimum Gasteiger partial charge on any atom is -0.464 e. The van der Waals surface area contributed by atoms with E-state index in [-0.39, 0.29) is 24.2 Å². The number of methoxy groups -OCH3 is 1. The van der Waals surface area contributed by atoms with Gasteiger partial charge in [-0.15, -0.1) is 5.10 Å². The third-order valence-electron chi connectivity index (χ3n) is 3.35. The van der Waals surface area contributed by atoms with Crippen LogP contribution in [0, 0.1) is 0 Å². The third kappa shape index (κ3) is 3.10. The fourth-order valence-corrected chi connectivity index (χ4v) is 2.27.